The first-order valence-electron chi connectivity index (χ1n) is 9.65. The molecule has 0 radical (unpaired) electrons. The molecule has 7 heteroatoms. The summed E-state index contributed by atoms with van der Waals surface area (Å²) in [6, 6.07) is 15.8. The van der Waals surface area contributed by atoms with Gasteiger partial charge in [0.05, 0.1) is 24.8 Å². The van der Waals surface area contributed by atoms with Crippen LogP contribution in [0.4, 0.5) is 5.82 Å². The van der Waals surface area contributed by atoms with Crippen LogP contribution in [-0.4, -0.2) is 50.7 Å². The highest BCUT2D eigenvalue weighted by Crippen LogP contribution is 2.28. The highest BCUT2D eigenvalue weighted by Gasteiger charge is 2.24. The minimum atomic E-state index is 0.210. The van der Waals surface area contributed by atoms with E-state index >= 15 is 0 Å². The number of hydrogen-bond donors (Lipinski definition) is 0. The zero-order valence-electron chi connectivity index (χ0n) is 16.1. The number of nitrogens with zero attached hydrogens (tertiary/aromatic N) is 6. The average molecular weight is 384 g/mol. The van der Waals surface area contributed by atoms with Crippen molar-refractivity contribution in [2.24, 2.45) is 0 Å². The Hall–Kier alpha value is -3.45. The summed E-state index contributed by atoms with van der Waals surface area (Å²) in [5.41, 5.74) is 3.24. The number of pyridine rings is 1. The quantitative estimate of drug-likeness (QED) is 0.536. The van der Waals surface area contributed by atoms with Crippen LogP contribution in [0.3, 0.4) is 0 Å². The van der Waals surface area contributed by atoms with Gasteiger partial charge in [-0.25, -0.2) is 19.9 Å². The van der Waals surface area contributed by atoms with Gasteiger partial charge in [-0.1, -0.05) is 30.3 Å². The second-order valence-electron chi connectivity index (χ2n) is 6.99. The smallest absolute Gasteiger partial charge is 0.181 e. The Kier molecular flexibility index (Phi) is 4.57. The second kappa shape index (κ2) is 7.52. The fraction of sp³-hybridized carbons (Fsp3) is 0.227. The van der Waals surface area contributed by atoms with Crippen molar-refractivity contribution in [2.75, 3.05) is 24.7 Å². The average Bonchev–Trinajstić information content (AvgIpc) is 2.79. The summed E-state index contributed by atoms with van der Waals surface area (Å²) in [4.78, 5) is 25.6. The molecule has 1 aromatic carbocycles. The van der Waals surface area contributed by atoms with Gasteiger partial charge in [0.1, 0.15) is 11.2 Å². The number of fused-ring (bicyclic) bond motifs is 1. The molecule has 1 aliphatic rings. The minimum Gasteiger partial charge on any atom is -0.377 e. The van der Waals surface area contributed by atoms with Gasteiger partial charge < -0.3 is 9.64 Å². The van der Waals surface area contributed by atoms with Gasteiger partial charge in [0, 0.05) is 24.5 Å². The Balaban J connectivity index is 1.65. The molecule has 0 saturated carbocycles. The lowest BCUT2D eigenvalue weighted by molar-refractivity contribution is 0.0987. The summed E-state index contributed by atoms with van der Waals surface area (Å²) < 4.78 is 5.60. The van der Waals surface area contributed by atoms with Gasteiger partial charge in [-0.05, 0) is 25.1 Å². The lowest BCUT2D eigenvalue weighted by atomic mass is 10.2. The first kappa shape index (κ1) is 17.6. The van der Waals surface area contributed by atoms with Crippen LogP contribution in [-0.2, 0) is 4.74 Å². The molecule has 0 aliphatic carbocycles. The standard InChI is InChI=1S/C22H20N6O/c1-15-14-29-13-12-28(15)22-19-17(8-5-10-23-19)25-21(27-22)18-9-11-24-20(26-18)16-6-3-2-4-7-16/h2-11,15H,12-14H2,1H3. The third-order valence-corrected chi connectivity index (χ3v) is 4.99. The first-order valence-corrected chi connectivity index (χ1v) is 9.65. The summed E-state index contributed by atoms with van der Waals surface area (Å²) in [5, 5.41) is 0. The lowest BCUT2D eigenvalue weighted by Crippen LogP contribution is -2.44. The number of anilines is 1. The first-order chi connectivity index (χ1) is 14.3. The van der Waals surface area contributed by atoms with Crippen molar-refractivity contribution in [2.45, 2.75) is 13.0 Å². The van der Waals surface area contributed by atoms with Crippen LogP contribution in [0.25, 0.3) is 33.9 Å². The van der Waals surface area contributed by atoms with Crippen LogP contribution in [0, 0.1) is 0 Å². The predicted octanol–water partition coefficient (Wildman–Crippen LogP) is 3.37. The third kappa shape index (κ3) is 3.40. The van der Waals surface area contributed by atoms with Crippen LogP contribution >= 0.6 is 0 Å². The molecule has 1 aliphatic heterocycles. The Bertz CT molecular complexity index is 1150. The normalized spacial score (nSPS) is 16.9. The monoisotopic (exact) mass is 384 g/mol. The molecular formula is C22H20N6O. The van der Waals surface area contributed by atoms with Crippen LogP contribution in [0.2, 0.25) is 0 Å². The van der Waals surface area contributed by atoms with Gasteiger partial charge in [0.2, 0.25) is 0 Å². The van der Waals surface area contributed by atoms with E-state index in [0.29, 0.717) is 30.6 Å². The van der Waals surface area contributed by atoms with Crippen molar-refractivity contribution in [1.82, 2.24) is 24.9 Å². The van der Waals surface area contributed by atoms with Crippen LogP contribution in [0.5, 0.6) is 0 Å². The van der Waals surface area contributed by atoms with Gasteiger partial charge in [-0.15, -0.1) is 0 Å². The summed E-state index contributed by atoms with van der Waals surface area (Å²) in [5.74, 6) is 2.04. The highest BCUT2D eigenvalue weighted by atomic mass is 16.5. The van der Waals surface area contributed by atoms with E-state index in [2.05, 4.69) is 21.8 Å². The number of rotatable bonds is 3. The van der Waals surface area contributed by atoms with E-state index in [9.17, 15) is 0 Å². The molecule has 1 fully saturated rings. The van der Waals surface area contributed by atoms with Crippen molar-refractivity contribution in [3.05, 3.63) is 60.9 Å². The van der Waals surface area contributed by atoms with Crippen LogP contribution in [0.15, 0.2) is 60.9 Å². The number of aromatic nitrogens is 5. The summed E-state index contributed by atoms with van der Waals surface area (Å²) >= 11 is 0. The molecule has 0 spiro atoms. The molecule has 0 amide bonds. The Labute approximate surface area is 168 Å². The van der Waals surface area contributed by atoms with Gasteiger partial charge >= 0.3 is 0 Å². The molecule has 1 saturated heterocycles. The summed E-state index contributed by atoms with van der Waals surface area (Å²) in [7, 11) is 0. The van der Waals surface area contributed by atoms with Gasteiger partial charge in [0.15, 0.2) is 17.5 Å². The molecule has 1 unspecified atom stereocenters. The van der Waals surface area contributed by atoms with E-state index in [-0.39, 0.29) is 6.04 Å². The molecular weight excluding hydrogens is 364 g/mol. The Morgan fingerprint density at radius 1 is 0.897 bits per heavy atom. The van der Waals surface area contributed by atoms with E-state index in [1.807, 2.05) is 48.5 Å². The third-order valence-electron chi connectivity index (χ3n) is 4.99. The minimum absolute atomic E-state index is 0.210. The maximum absolute atomic E-state index is 5.60. The molecule has 0 bridgehead atoms. The van der Waals surface area contributed by atoms with Crippen LogP contribution in [0.1, 0.15) is 6.92 Å². The van der Waals surface area contributed by atoms with E-state index in [0.717, 1.165) is 29.0 Å². The molecule has 7 nitrogen and oxygen atoms in total. The fourth-order valence-electron chi connectivity index (χ4n) is 3.52. The number of hydrogen-bond acceptors (Lipinski definition) is 7. The van der Waals surface area contributed by atoms with Gasteiger partial charge in [0.25, 0.3) is 0 Å². The van der Waals surface area contributed by atoms with Crippen molar-refractivity contribution in [1.29, 1.82) is 0 Å². The van der Waals surface area contributed by atoms with Crippen molar-refractivity contribution in [3.63, 3.8) is 0 Å². The Morgan fingerprint density at radius 2 is 1.79 bits per heavy atom. The summed E-state index contributed by atoms with van der Waals surface area (Å²) in [6.45, 7) is 4.24. The molecule has 4 aromatic rings. The largest absolute Gasteiger partial charge is 0.377 e. The van der Waals surface area contributed by atoms with Crippen molar-refractivity contribution >= 4 is 16.9 Å². The maximum atomic E-state index is 5.60. The molecule has 4 heterocycles. The van der Waals surface area contributed by atoms with Gasteiger partial charge in [-0.3, -0.25) is 4.98 Å². The molecule has 5 rings (SSSR count). The van der Waals surface area contributed by atoms with E-state index in [1.165, 1.54) is 0 Å². The van der Waals surface area contributed by atoms with E-state index < -0.39 is 0 Å². The van der Waals surface area contributed by atoms with Crippen LogP contribution < -0.4 is 4.90 Å². The molecule has 0 N–H and O–H groups in total. The molecule has 3 aromatic heterocycles. The highest BCUT2D eigenvalue weighted by molar-refractivity contribution is 5.87. The number of ether oxygens (including phenoxy) is 1. The summed E-state index contributed by atoms with van der Waals surface area (Å²) in [6.07, 6.45) is 3.52. The maximum Gasteiger partial charge on any atom is 0.181 e. The van der Waals surface area contributed by atoms with E-state index in [1.54, 1.807) is 12.4 Å². The molecule has 144 valence electrons. The Morgan fingerprint density at radius 3 is 2.66 bits per heavy atom. The second-order valence-corrected chi connectivity index (χ2v) is 6.99. The zero-order valence-corrected chi connectivity index (χ0v) is 16.1. The van der Waals surface area contributed by atoms with Crippen molar-refractivity contribution < 1.29 is 4.74 Å². The zero-order chi connectivity index (χ0) is 19.6. The lowest BCUT2D eigenvalue weighted by Gasteiger charge is -2.34. The van der Waals surface area contributed by atoms with Gasteiger partial charge in [-0.2, -0.15) is 0 Å². The fourth-order valence-corrected chi connectivity index (χ4v) is 3.52. The molecule has 29 heavy (non-hydrogen) atoms. The molecule has 1 atom stereocenters. The van der Waals surface area contributed by atoms with Crippen molar-refractivity contribution in [3.8, 4) is 22.9 Å². The van der Waals surface area contributed by atoms with E-state index in [4.69, 9.17) is 19.7 Å². The number of benzene rings is 1. The topological polar surface area (TPSA) is 76.9 Å². The predicted molar refractivity (Wildman–Crippen MR) is 111 cm³/mol. The SMILES string of the molecule is CC1COCCN1c1nc(-c2ccnc(-c3ccccc3)n2)nc2cccnc12. The number of morpholine rings is 1.